The van der Waals surface area contributed by atoms with Crippen molar-refractivity contribution in [3.05, 3.63) is 40.3 Å². The zero-order chi connectivity index (χ0) is 16.5. The van der Waals surface area contributed by atoms with Crippen LogP contribution >= 0.6 is 22.7 Å². The van der Waals surface area contributed by atoms with Crippen LogP contribution in [0.15, 0.2) is 29.6 Å². The molecule has 1 aliphatic rings. The van der Waals surface area contributed by atoms with Crippen LogP contribution in [-0.2, 0) is 6.54 Å². The van der Waals surface area contributed by atoms with Crippen LogP contribution in [0.3, 0.4) is 0 Å². The average Bonchev–Trinajstić information content (AvgIpc) is 3.15. The van der Waals surface area contributed by atoms with Gasteiger partial charge in [-0.25, -0.2) is 9.97 Å². The van der Waals surface area contributed by atoms with Crippen molar-refractivity contribution in [3.8, 4) is 0 Å². The van der Waals surface area contributed by atoms with E-state index in [0.717, 1.165) is 40.9 Å². The van der Waals surface area contributed by atoms with Crippen molar-refractivity contribution in [1.29, 1.82) is 0 Å². The number of likely N-dealkylation sites (tertiary alicyclic amines) is 1. The van der Waals surface area contributed by atoms with E-state index in [1.165, 1.54) is 4.70 Å². The van der Waals surface area contributed by atoms with E-state index < -0.39 is 6.10 Å². The standard InChI is InChI=1S/C17H20N4OS2/c1-11-18-12(10-23-11)8-21-7-6-13(15(22)9-21)19-17-20-14-4-2-3-5-16(14)24-17/h2-5,10,13,15,22H,6-9H2,1H3,(H,19,20)/t13-,15-/m1/s1. The maximum absolute atomic E-state index is 10.5. The predicted octanol–water partition coefficient (Wildman–Crippen LogP) is 3.11. The zero-order valence-electron chi connectivity index (χ0n) is 13.5. The van der Waals surface area contributed by atoms with Gasteiger partial charge in [0, 0.05) is 25.0 Å². The van der Waals surface area contributed by atoms with Crippen LogP contribution in [0, 0.1) is 6.92 Å². The fraction of sp³-hybridized carbons (Fsp3) is 0.412. The molecule has 1 saturated heterocycles. The summed E-state index contributed by atoms with van der Waals surface area (Å²) in [4.78, 5) is 11.4. The van der Waals surface area contributed by atoms with Gasteiger partial charge in [0.1, 0.15) is 0 Å². The summed E-state index contributed by atoms with van der Waals surface area (Å²) in [5.41, 5.74) is 2.11. The Labute approximate surface area is 149 Å². The quantitative estimate of drug-likeness (QED) is 0.749. The molecule has 0 spiro atoms. The Hall–Kier alpha value is -1.54. The highest BCUT2D eigenvalue weighted by Crippen LogP contribution is 2.27. The maximum Gasteiger partial charge on any atom is 0.184 e. The third-order valence-electron chi connectivity index (χ3n) is 4.32. The minimum absolute atomic E-state index is 0.0546. The number of anilines is 1. The van der Waals surface area contributed by atoms with Gasteiger partial charge in [-0.2, -0.15) is 0 Å². The van der Waals surface area contributed by atoms with Gasteiger partial charge in [-0.1, -0.05) is 23.5 Å². The lowest BCUT2D eigenvalue weighted by Gasteiger charge is -2.35. The van der Waals surface area contributed by atoms with E-state index in [9.17, 15) is 5.11 Å². The first-order valence-electron chi connectivity index (χ1n) is 8.11. The van der Waals surface area contributed by atoms with Crippen molar-refractivity contribution >= 4 is 38.0 Å². The van der Waals surface area contributed by atoms with Crippen molar-refractivity contribution < 1.29 is 5.11 Å². The highest BCUT2D eigenvalue weighted by Gasteiger charge is 2.28. The number of benzene rings is 1. The van der Waals surface area contributed by atoms with Crippen molar-refractivity contribution in [2.75, 3.05) is 18.4 Å². The summed E-state index contributed by atoms with van der Waals surface area (Å²) in [6.45, 7) is 4.46. The molecule has 24 heavy (non-hydrogen) atoms. The number of fused-ring (bicyclic) bond motifs is 1. The van der Waals surface area contributed by atoms with Gasteiger partial charge in [0.05, 0.1) is 33.1 Å². The number of aliphatic hydroxyl groups is 1. The number of hydrogen-bond acceptors (Lipinski definition) is 7. The molecule has 3 aromatic rings. The maximum atomic E-state index is 10.5. The monoisotopic (exact) mass is 360 g/mol. The summed E-state index contributed by atoms with van der Waals surface area (Å²) in [6, 6.07) is 8.18. The Morgan fingerprint density at radius 2 is 2.21 bits per heavy atom. The second-order valence-electron chi connectivity index (χ2n) is 6.19. The lowest BCUT2D eigenvalue weighted by Crippen LogP contribution is -2.49. The van der Waals surface area contributed by atoms with Crippen LogP contribution in [-0.4, -0.2) is 45.2 Å². The molecular weight excluding hydrogens is 340 g/mol. The summed E-state index contributed by atoms with van der Waals surface area (Å²) in [6.07, 6.45) is 0.505. The van der Waals surface area contributed by atoms with E-state index in [2.05, 4.69) is 31.6 Å². The highest BCUT2D eigenvalue weighted by molar-refractivity contribution is 7.22. The first-order valence-corrected chi connectivity index (χ1v) is 9.80. The van der Waals surface area contributed by atoms with Crippen LogP contribution < -0.4 is 5.32 Å². The van der Waals surface area contributed by atoms with Gasteiger partial charge in [-0.05, 0) is 25.5 Å². The Balaban J connectivity index is 1.37. The highest BCUT2D eigenvalue weighted by atomic mass is 32.1. The van der Waals surface area contributed by atoms with Crippen molar-refractivity contribution in [3.63, 3.8) is 0 Å². The van der Waals surface area contributed by atoms with Crippen LogP contribution in [0.2, 0.25) is 0 Å². The SMILES string of the molecule is Cc1nc(CN2CC[C@@H](Nc3nc4ccccc4s3)[C@H](O)C2)cs1. The van der Waals surface area contributed by atoms with Gasteiger partial charge >= 0.3 is 0 Å². The van der Waals surface area contributed by atoms with Crippen LogP contribution in [0.1, 0.15) is 17.1 Å². The number of aromatic nitrogens is 2. The van der Waals surface area contributed by atoms with E-state index in [0.29, 0.717) is 6.54 Å². The zero-order valence-corrected chi connectivity index (χ0v) is 15.1. The van der Waals surface area contributed by atoms with Crippen LogP contribution in [0.4, 0.5) is 5.13 Å². The molecular formula is C17H20N4OS2. The molecule has 2 atom stereocenters. The van der Waals surface area contributed by atoms with Gasteiger partial charge in [-0.15, -0.1) is 11.3 Å². The molecule has 5 nitrogen and oxygen atoms in total. The minimum Gasteiger partial charge on any atom is -0.390 e. The second kappa shape index (κ2) is 6.76. The third-order valence-corrected chi connectivity index (χ3v) is 6.11. The van der Waals surface area contributed by atoms with Gasteiger partial charge in [0.2, 0.25) is 0 Å². The Morgan fingerprint density at radius 3 is 2.96 bits per heavy atom. The minimum atomic E-state index is -0.398. The number of thiazole rings is 2. The number of nitrogens with zero attached hydrogens (tertiary/aromatic N) is 3. The molecule has 0 aliphatic carbocycles. The number of piperidine rings is 1. The topological polar surface area (TPSA) is 61.3 Å². The van der Waals surface area contributed by atoms with Gasteiger partial charge in [0.25, 0.3) is 0 Å². The Bertz CT molecular complexity index is 798. The molecule has 7 heteroatoms. The second-order valence-corrected chi connectivity index (χ2v) is 8.28. The number of aryl methyl sites for hydroxylation is 1. The molecule has 0 unspecified atom stereocenters. The summed E-state index contributed by atoms with van der Waals surface area (Å²) >= 11 is 3.32. The van der Waals surface area contributed by atoms with Crippen LogP contribution in [0.25, 0.3) is 10.2 Å². The molecule has 1 aromatic carbocycles. The first-order chi connectivity index (χ1) is 11.7. The van der Waals surface area contributed by atoms with Crippen LogP contribution in [0.5, 0.6) is 0 Å². The van der Waals surface area contributed by atoms with Gasteiger partial charge in [-0.3, -0.25) is 4.90 Å². The molecule has 126 valence electrons. The summed E-state index contributed by atoms with van der Waals surface area (Å²) in [7, 11) is 0. The first kappa shape index (κ1) is 16.0. The Kier molecular flexibility index (Phi) is 4.49. The number of para-hydroxylation sites is 1. The summed E-state index contributed by atoms with van der Waals surface area (Å²) < 4.78 is 1.17. The van der Waals surface area contributed by atoms with E-state index in [1.54, 1.807) is 22.7 Å². The molecule has 4 rings (SSSR count). The van der Waals surface area contributed by atoms with E-state index in [4.69, 9.17) is 0 Å². The number of nitrogens with one attached hydrogen (secondary N) is 1. The fourth-order valence-corrected chi connectivity index (χ4v) is 4.64. The third kappa shape index (κ3) is 3.44. The molecule has 0 bridgehead atoms. The number of rotatable bonds is 4. The number of aliphatic hydroxyl groups excluding tert-OH is 1. The fourth-order valence-electron chi connectivity index (χ4n) is 3.11. The molecule has 2 N–H and O–H groups in total. The largest absolute Gasteiger partial charge is 0.390 e. The average molecular weight is 361 g/mol. The predicted molar refractivity (Wildman–Crippen MR) is 99.8 cm³/mol. The normalized spacial score (nSPS) is 22.1. The molecule has 2 aromatic heterocycles. The summed E-state index contributed by atoms with van der Waals surface area (Å²) in [5, 5.41) is 18.0. The van der Waals surface area contributed by atoms with E-state index >= 15 is 0 Å². The number of β-amino-alcohol motifs (C(OH)–C–C–N with tert-alkyl or cyclic N) is 1. The van der Waals surface area contributed by atoms with Crippen molar-refractivity contribution in [2.45, 2.75) is 32.0 Å². The molecule has 1 fully saturated rings. The van der Waals surface area contributed by atoms with Gasteiger partial charge < -0.3 is 10.4 Å². The lowest BCUT2D eigenvalue weighted by atomic mass is 10.0. The van der Waals surface area contributed by atoms with E-state index in [1.807, 2.05) is 25.1 Å². The molecule has 0 saturated carbocycles. The molecule has 0 radical (unpaired) electrons. The number of hydrogen-bond donors (Lipinski definition) is 2. The smallest absolute Gasteiger partial charge is 0.184 e. The van der Waals surface area contributed by atoms with Gasteiger partial charge in [0.15, 0.2) is 5.13 Å². The van der Waals surface area contributed by atoms with Crippen molar-refractivity contribution in [2.24, 2.45) is 0 Å². The lowest BCUT2D eigenvalue weighted by molar-refractivity contribution is 0.0556. The van der Waals surface area contributed by atoms with Crippen molar-refractivity contribution in [1.82, 2.24) is 14.9 Å². The molecule has 1 aliphatic heterocycles. The van der Waals surface area contributed by atoms with E-state index in [-0.39, 0.29) is 6.04 Å². The molecule has 0 amide bonds. The Morgan fingerprint density at radius 1 is 1.33 bits per heavy atom. The molecule has 3 heterocycles. The summed E-state index contributed by atoms with van der Waals surface area (Å²) in [5.74, 6) is 0.